The first-order valence-electron chi connectivity index (χ1n) is 16.6. The first kappa shape index (κ1) is 27.0. The van der Waals surface area contributed by atoms with Gasteiger partial charge in [0.25, 0.3) is 0 Å². The smallest absolute Gasteiger partial charge is 0.0685 e. The highest BCUT2D eigenvalue weighted by atomic mass is 15.2. The molecule has 0 saturated heterocycles. The van der Waals surface area contributed by atoms with Crippen LogP contribution in [0.5, 0.6) is 0 Å². The molecule has 3 aromatic heterocycles. The molecular weight excluding hydrogens is 585 g/mol. The van der Waals surface area contributed by atoms with Gasteiger partial charge in [-0.15, -0.1) is 0 Å². The number of hydrogen-bond acceptors (Lipinski definition) is 2. The summed E-state index contributed by atoms with van der Waals surface area (Å²) in [5.41, 5.74) is 13.0. The minimum Gasteiger partial charge on any atom is -0.309 e. The fourth-order valence-electron chi connectivity index (χ4n) is 8.17. The highest BCUT2D eigenvalue weighted by Crippen LogP contribution is 2.51. The summed E-state index contributed by atoms with van der Waals surface area (Å²) in [7, 11) is 0. The molecule has 0 aliphatic carbocycles. The number of aromatic nitrogens is 3. The van der Waals surface area contributed by atoms with Crippen molar-refractivity contribution in [2.75, 3.05) is 4.90 Å². The van der Waals surface area contributed by atoms with Crippen molar-refractivity contribution >= 4 is 60.7 Å². The predicted molar refractivity (Wildman–Crippen MR) is 200 cm³/mol. The van der Waals surface area contributed by atoms with E-state index in [1.807, 2.05) is 12.4 Å². The van der Waals surface area contributed by atoms with Gasteiger partial charge < -0.3 is 14.0 Å². The molecule has 6 aromatic carbocycles. The molecule has 4 heteroatoms. The topological polar surface area (TPSA) is 26.0 Å². The largest absolute Gasteiger partial charge is 0.309 e. The standard InChI is InChI=1S/C44H32N4/c1-44(2)36-14-6-10-18-42(36)47(43-28-45-26-25-37(43)44)30-21-19-29(20-22-30)46-40-17-9-5-13-34(40)35-27-31(23-24-41(35)46)48-38-15-7-3-11-32(38)33-12-4-8-16-39(33)48/h3-28H,1-2H3. The number of anilines is 3. The van der Waals surface area contributed by atoms with Crippen LogP contribution < -0.4 is 4.90 Å². The molecule has 228 valence electrons. The van der Waals surface area contributed by atoms with Crippen LogP contribution in [0.2, 0.25) is 0 Å². The monoisotopic (exact) mass is 616 g/mol. The molecule has 0 saturated carbocycles. The van der Waals surface area contributed by atoms with Crippen LogP contribution in [0.25, 0.3) is 55.0 Å². The molecule has 9 aromatic rings. The lowest BCUT2D eigenvalue weighted by Crippen LogP contribution is -2.30. The van der Waals surface area contributed by atoms with E-state index in [1.165, 1.54) is 60.4 Å². The Morgan fingerprint density at radius 2 is 0.938 bits per heavy atom. The maximum absolute atomic E-state index is 4.55. The molecule has 0 N–H and O–H groups in total. The van der Waals surface area contributed by atoms with E-state index in [9.17, 15) is 0 Å². The van der Waals surface area contributed by atoms with Gasteiger partial charge in [-0.1, -0.05) is 86.6 Å². The highest BCUT2D eigenvalue weighted by Gasteiger charge is 2.36. The molecule has 0 spiro atoms. The van der Waals surface area contributed by atoms with E-state index < -0.39 is 0 Å². The van der Waals surface area contributed by atoms with E-state index >= 15 is 0 Å². The fourth-order valence-corrected chi connectivity index (χ4v) is 8.17. The third-order valence-electron chi connectivity index (χ3n) is 10.4. The number of hydrogen-bond donors (Lipinski definition) is 0. The third-order valence-corrected chi connectivity index (χ3v) is 10.4. The lowest BCUT2D eigenvalue weighted by molar-refractivity contribution is 0.630. The van der Waals surface area contributed by atoms with Crippen molar-refractivity contribution in [3.05, 3.63) is 169 Å². The summed E-state index contributed by atoms with van der Waals surface area (Å²) in [5.74, 6) is 0. The Morgan fingerprint density at radius 1 is 0.438 bits per heavy atom. The van der Waals surface area contributed by atoms with Crippen LogP contribution in [-0.4, -0.2) is 14.1 Å². The predicted octanol–water partition coefficient (Wildman–Crippen LogP) is 11.4. The van der Waals surface area contributed by atoms with Crippen LogP contribution in [-0.2, 0) is 5.41 Å². The van der Waals surface area contributed by atoms with Gasteiger partial charge >= 0.3 is 0 Å². The van der Waals surface area contributed by atoms with Crippen molar-refractivity contribution in [3.8, 4) is 11.4 Å². The van der Waals surface area contributed by atoms with Crippen LogP contribution in [0.15, 0.2) is 158 Å². The summed E-state index contributed by atoms with van der Waals surface area (Å²) < 4.78 is 4.79. The van der Waals surface area contributed by atoms with Crippen molar-refractivity contribution in [2.45, 2.75) is 19.3 Å². The van der Waals surface area contributed by atoms with Crippen LogP contribution >= 0.6 is 0 Å². The second-order valence-electron chi connectivity index (χ2n) is 13.3. The van der Waals surface area contributed by atoms with Gasteiger partial charge in [-0.05, 0) is 83.9 Å². The molecule has 0 unspecified atom stereocenters. The number of nitrogens with zero attached hydrogens (tertiary/aromatic N) is 4. The van der Waals surface area contributed by atoms with Gasteiger partial charge in [0.2, 0.25) is 0 Å². The molecule has 1 aliphatic heterocycles. The Bertz CT molecular complexity index is 2610. The van der Waals surface area contributed by atoms with Crippen molar-refractivity contribution in [2.24, 2.45) is 0 Å². The fraction of sp³-hybridized carbons (Fsp3) is 0.0682. The zero-order chi connectivity index (χ0) is 32.0. The quantitative estimate of drug-likeness (QED) is 0.197. The van der Waals surface area contributed by atoms with Gasteiger partial charge in [-0.3, -0.25) is 4.98 Å². The average molecular weight is 617 g/mol. The van der Waals surface area contributed by atoms with Crippen molar-refractivity contribution in [1.29, 1.82) is 0 Å². The first-order chi connectivity index (χ1) is 23.6. The highest BCUT2D eigenvalue weighted by molar-refractivity contribution is 6.12. The van der Waals surface area contributed by atoms with Crippen molar-refractivity contribution < 1.29 is 0 Å². The van der Waals surface area contributed by atoms with Crippen LogP contribution in [0, 0.1) is 0 Å². The molecule has 10 rings (SSSR count). The summed E-state index contributed by atoms with van der Waals surface area (Å²) >= 11 is 0. The zero-order valence-corrected chi connectivity index (χ0v) is 26.8. The van der Waals surface area contributed by atoms with Gasteiger partial charge in [0.15, 0.2) is 0 Å². The Labute approximate surface area is 278 Å². The first-order valence-corrected chi connectivity index (χ1v) is 16.6. The van der Waals surface area contributed by atoms with Gasteiger partial charge in [0.1, 0.15) is 0 Å². The van der Waals surface area contributed by atoms with E-state index in [4.69, 9.17) is 0 Å². The van der Waals surface area contributed by atoms with E-state index in [0.717, 1.165) is 22.7 Å². The van der Waals surface area contributed by atoms with Gasteiger partial charge in [0.05, 0.1) is 39.6 Å². The molecule has 0 atom stereocenters. The zero-order valence-electron chi connectivity index (χ0n) is 26.8. The summed E-state index contributed by atoms with van der Waals surface area (Å²) in [6.45, 7) is 4.61. The van der Waals surface area contributed by atoms with Crippen molar-refractivity contribution in [3.63, 3.8) is 0 Å². The summed E-state index contributed by atoms with van der Waals surface area (Å²) in [6.07, 6.45) is 3.91. The number of fused-ring (bicyclic) bond motifs is 8. The van der Waals surface area contributed by atoms with Crippen LogP contribution in [0.1, 0.15) is 25.0 Å². The number of pyridine rings is 1. The van der Waals surface area contributed by atoms with E-state index in [-0.39, 0.29) is 5.41 Å². The maximum atomic E-state index is 4.55. The second-order valence-corrected chi connectivity index (χ2v) is 13.3. The maximum Gasteiger partial charge on any atom is 0.0685 e. The summed E-state index contributed by atoms with van der Waals surface area (Å²) in [4.78, 5) is 6.91. The Morgan fingerprint density at radius 3 is 1.62 bits per heavy atom. The average Bonchev–Trinajstić information content (AvgIpc) is 3.65. The van der Waals surface area contributed by atoms with Crippen molar-refractivity contribution in [1.82, 2.24) is 14.1 Å². The minimum atomic E-state index is -0.119. The van der Waals surface area contributed by atoms with E-state index in [2.05, 4.69) is 178 Å². The molecular formula is C44H32N4. The van der Waals surface area contributed by atoms with Gasteiger partial charge in [-0.25, -0.2) is 0 Å². The second kappa shape index (κ2) is 9.93. The summed E-state index contributed by atoms with van der Waals surface area (Å²) in [5, 5.41) is 5.02. The molecule has 48 heavy (non-hydrogen) atoms. The Hall–Kier alpha value is -6.13. The summed E-state index contributed by atoms with van der Waals surface area (Å²) in [6, 6.07) is 53.0. The lowest BCUT2D eigenvalue weighted by atomic mass is 9.74. The molecule has 0 radical (unpaired) electrons. The van der Waals surface area contributed by atoms with Crippen LogP contribution in [0.3, 0.4) is 0 Å². The molecule has 0 bridgehead atoms. The SMILES string of the molecule is CC1(C)c2ccccc2N(c2ccc(-n3c4ccccc4c4cc(-n5c6ccccc6c6ccccc65)ccc43)cc2)c2cnccc21. The minimum absolute atomic E-state index is 0.119. The third kappa shape index (κ3) is 3.68. The van der Waals surface area contributed by atoms with E-state index in [0.29, 0.717) is 0 Å². The van der Waals surface area contributed by atoms with Gasteiger partial charge in [0, 0.05) is 50.2 Å². The number of benzene rings is 6. The lowest BCUT2D eigenvalue weighted by Gasteiger charge is -2.41. The Balaban J connectivity index is 1.14. The van der Waals surface area contributed by atoms with Gasteiger partial charge in [-0.2, -0.15) is 0 Å². The molecule has 0 amide bonds. The Kier molecular flexibility index (Phi) is 5.59. The van der Waals surface area contributed by atoms with Crippen LogP contribution in [0.4, 0.5) is 17.1 Å². The molecule has 4 heterocycles. The molecule has 4 nitrogen and oxygen atoms in total. The molecule has 0 fully saturated rings. The number of para-hydroxylation sites is 4. The van der Waals surface area contributed by atoms with E-state index in [1.54, 1.807) is 0 Å². The number of rotatable bonds is 3. The normalized spacial score (nSPS) is 13.8. The molecule has 1 aliphatic rings.